The third kappa shape index (κ3) is 6.60. The highest BCUT2D eigenvalue weighted by molar-refractivity contribution is 7.80. The lowest BCUT2D eigenvalue weighted by molar-refractivity contribution is -0.119. The van der Waals surface area contributed by atoms with Gasteiger partial charge in [-0.15, -0.1) is 0 Å². The number of carbonyl (C=O) groups is 2. The van der Waals surface area contributed by atoms with Crippen molar-refractivity contribution in [2.75, 3.05) is 11.5 Å². The van der Waals surface area contributed by atoms with Crippen LogP contribution in [-0.4, -0.2) is 28.6 Å². The summed E-state index contributed by atoms with van der Waals surface area (Å²) in [5.74, 6) is -0.626. The van der Waals surface area contributed by atoms with Gasteiger partial charge >= 0.3 is 5.97 Å². The lowest BCUT2D eigenvalue weighted by Gasteiger charge is -2.26. The van der Waals surface area contributed by atoms with Gasteiger partial charge in [-0.05, 0) is 78.8 Å². The Bertz CT molecular complexity index is 1070. The molecule has 0 unspecified atom stereocenters. The van der Waals surface area contributed by atoms with Crippen molar-refractivity contribution in [2.24, 2.45) is 0 Å². The van der Waals surface area contributed by atoms with E-state index in [9.17, 15) is 9.59 Å². The monoisotopic (exact) mass is 467 g/mol. The Morgan fingerprint density at radius 3 is 2.28 bits per heavy atom. The summed E-state index contributed by atoms with van der Waals surface area (Å²) >= 11 is 11.5. The second-order valence-electron chi connectivity index (χ2n) is 6.87. The number of thiocarbonyl (C=S) groups is 1. The lowest BCUT2D eigenvalue weighted by Crippen LogP contribution is -2.43. The van der Waals surface area contributed by atoms with E-state index in [1.165, 1.54) is 0 Å². The highest BCUT2D eigenvalue weighted by Gasteiger charge is 2.17. The fourth-order valence-corrected chi connectivity index (χ4v) is 3.37. The van der Waals surface area contributed by atoms with Crippen LogP contribution in [0.3, 0.4) is 0 Å². The molecule has 0 spiro atoms. The number of carbonyl (C=O) groups excluding carboxylic acids is 2. The molecule has 0 aliphatic rings. The van der Waals surface area contributed by atoms with Crippen LogP contribution in [0.1, 0.15) is 28.4 Å². The Kier molecular flexibility index (Phi) is 8.30. The van der Waals surface area contributed by atoms with Gasteiger partial charge < -0.3 is 15.0 Å². The quantitative estimate of drug-likeness (QED) is 0.405. The Hall–Kier alpha value is -3.29. The van der Waals surface area contributed by atoms with E-state index in [4.69, 9.17) is 28.6 Å². The zero-order valence-corrected chi connectivity index (χ0v) is 19.0. The molecule has 0 aliphatic heterocycles. The number of benzene rings is 2. The highest BCUT2D eigenvalue weighted by atomic mass is 35.5. The van der Waals surface area contributed by atoms with Crippen molar-refractivity contribution < 1.29 is 14.3 Å². The number of esters is 1. The van der Waals surface area contributed by atoms with Crippen LogP contribution >= 0.6 is 23.8 Å². The minimum absolute atomic E-state index is 0.169. The van der Waals surface area contributed by atoms with Crippen molar-refractivity contribution in [3.05, 3.63) is 94.8 Å². The number of hydrogen-bond donors (Lipinski definition) is 1. The molecule has 1 aromatic heterocycles. The third-order valence-electron chi connectivity index (χ3n) is 4.55. The van der Waals surface area contributed by atoms with E-state index in [1.807, 2.05) is 12.1 Å². The molecule has 1 N–H and O–H groups in total. The third-order valence-corrected chi connectivity index (χ3v) is 5.12. The van der Waals surface area contributed by atoms with E-state index < -0.39 is 5.97 Å². The van der Waals surface area contributed by atoms with Crippen LogP contribution in [0.25, 0.3) is 0 Å². The number of ether oxygens (including phenoxy) is 1. The molecule has 0 atom stereocenters. The van der Waals surface area contributed by atoms with E-state index in [2.05, 4.69) is 10.3 Å². The Morgan fingerprint density at radius 1 is 1.00 bits per heavy atom. The number of nitrogens with zero attached hydrogens (tertiary/aromatic N) is 2. The molecular weight excluding hydrogens is 446 g/mol. The Labute approximate surface area is 197 Å². The average Bonchev–Trinajstić information content (AvgIpc) is 2.80. The molecule has 0 saturated carbocycles. The van der Waals surface area contributed by atoms with Gasteiger partial charge in [-0.3, -0.25) is 9.78 Å². The SMILES string of the molecule is CCOC(=O)c1ccc(N(Cc2ccncc2)C(=S)NC(=O)Cc2ccc(Cl)cc2)cc1. The summed E-state index contributed by atoms with van der Waals surface area (Å²) in [6.45, 7) is 2.48. The van der Waals surface area contributed by atoms with E-state index >= 15 is 0 Å². The fourth-order valence-electron chi connectivity index (χ4n) is 2.96. The summed E-state index contributed by atoms with van der Waals surface area (Å²) in [5.41, 5.74) is 2.96. The molecule has 164 valence electrons. The number of rotatable bonds is 7. The highest BCUT2D eigenvalue weighted by Crippen LogP contribution is 2.19. The van der Waals surface area contributed by atoms with Crippen LogP contribution in [0, 0.1) is 0 Å². The first-order valence-electron chi connectivity index (χ1n) is 9.98. The zero-order valence-electron chi connectivity index (χ0n) is 17.5. The second-order valence-corrected chi connectivity index (χ2v) is 7.69. The summed E-state index contributed by atoms with van der Waals surface area (Å²) in [6, 6.07) is 17.7. The van der Waals surface area contributed by atoms with E-state index in [0.29, 0.717) is 23.7 Å². The molecule has 1 amide bonds. The average molecular weight is 468 g/mol. The van der Waals surface area contributed by atoms with Crippen molar-refractivity contribution in [1.82, 2.24) is 10.3 Å². The molecule has 2 aromatic carbocycles. The topological polar surface area (TPSA) is 71.5 Å². The van der Waals surface area contributed by atoms with Crippen LogP contribution in [0.2, 0.25) is 5.02 Å². The molecule has 0 saturated heterocycles. The lowest BCUT2D eigenvalue weighted by atomic mass is 10.1. The molecule has 0 radical (unpaired) electrons. The minimum atomic E-state index is -0.390. The van der Waals surface area contributed by atoms with Crippen LogP contribution in [0.5, 0.6) is 0 Å². The zero-order chi connectivity index (χ0) is 22.9. The fraction of sp³-hybridized carbons (Fsp3) is 0.167. The summed E-state index contributed by atoms with van der Waals surface area (Å²) < 4.78 is 5.04. The summed E-state index contributed by atoms with van der Waals surface area (Å²) in [6.07, 6.45) is 3.56. The standard InChI is InChI=1S/C24H22ClN3O3S/c1-2-31-23(30)19-5-9-21(10-6-19)28(16-18-11-13-26-14-12-18)24(32)27-22(29)15-17-3-7-20(25)8-4-17/h3-14H,2,15-16H2,1H3,(H,27,29,32). The largest absolute Gasteiger partial charge is 0.462 e. The first kappa shape index (κ1) is 23.4. The maximum atomic E-state index is 12.6. The summed E-state index contributed by atoms with van der Waals surface area (Å²) in [7, 11) is 0. The number of nitrogens with one attached hydrogen (secondary N) is 1. The number of hydrogen-bond acceptors (Lipinski definition) is 5. The molecule has 0 fully saturated rings. The number of pyridine rings is 1. The molecule has 8 heteroatoms. The molecule has 3 aromatic rings. The summed E-state index contributed by atoms with van der Waals surface area (Å²) in [5, 5.41) is 3.66. The van der Waals surface area contributed by atoms with Gasteiger partial charge in [-0.25, -0.2) is 4.79 Å². The van der Waals surface area contributed by atoms with Gasteiger partial charge in [0.1, 0.15) is 0 Å². The number of amides is 1. The van der Waals surface area contributed by atoms with E-state index in [0.717, 1.165) is 16.8 Å². The van der Waals surface area contributed by atoms with Gasteiger partial charge in [0.15, 0.2) is 5.11 Å². The molecular formula is C24H22ClN3O3S. The maximum Gasteiger partial charge on any atom is 0.338 e. The first-order chi connectivity index (χ1) is 15.5. The maximum absolute atomic E-state index is 12.6. The molecule has 3 rings (SSSR count). The van der Waals surface area contributed by atoms with Crippen LogP contribution in [0.4, 0.5) is 5.69 Å². The van der Waals surface area contributed by atoms with Crippen molar-refractivity contribution in [1.29, 1.82) is 0 Å². The van der Waals surface area contributed by atoms with Crippen LogP contribution in [0.15, 0.2) is 73.1 Å². The van der Waals surface area contributed by atoms with E-state index in [1.54, 1.807) is 72.7 Å². The predicted molar refractivity (Wildman–Crippen MR) is 129 cm³/mol. The van der Waals surface area contributed by atoms with Crippen molar-refractivity contribution in [2.45, 2.75) is 19.9 Å². The number of aromatic nitrogens is 1. The second kappa shape index (κ2) is 11.4. The molecule has 1 heterocycles. The van der Waals surface area contributed by atoms with E-state index in [-0.39, 0.29) is 17.4 Å². The van der Waals surface area contributed by atoms with Crippen molar-refractivity contribution >= 4 is 46.5 Å². The normalized spacial score (nSPS) is 10.3. The van der Waals surface area contributed by atoms with Gasteiger partial charge in [0.05, 0.1) is 25.1 Å². The van der Waals surface area contributed by atoms with Gasteiger partial charge in [0, 0.05) is 23.1 Å². The molecule has 6 nitrogen and oxygen atoms in total. The summed E-state index contributed by atoms with van der Waals surface area (Å²) in [4.78, 5) is 30.4. The van der Waals surface area contributed by atoms with Crippen molar-refractivity contribution in [3.8, 4) is 0 Å². The molecule has 0 aliphatic carbocycles. The molecule has 0 bridgehead atoms. The minimum Gasteiger partial charge on any atom is -0.462 e. The van der Waals surface area contributed by atoms with Gasteiger partial charge in [0.25, 0.3) is 0 Å². The Morgan fingerprint density at radius 2 is 1.66 bits per heavy atom. The first-order valence-corrected chi connectivity index (χ1v) is 10.8. The molecule has 32 heavy (non-hydrogen) atoms. The van der Waals surface area contributed by atoms with Crippen LogP contribution < -0.4 is 10.2 Å². The predicted octanol–water partition coefficient (Wildman–Crippen LogP) is 4.56. The number of anilines is 1. The van der Waals surface area contributed by atoms with Crippen LogP contribution in [-0.2, 0) is 22.5 Å². The van der Waals surface area contributed by atoms with Crippen molar-refractivity contribution in [3.63, 3.8) is 0 Å². The Balaban J connectivity index is 1.77. The smallest absolute Gasteiger partial charge is 0.338 e. The van der Waals surface area contributed by atoms with Gasteiger partial charge in [0.2, 0.25) is 5.91 Å². The van der Waals surface area contributed by atoms with Gasteiger partial charge in [-0.1, -0.05) is 23.7 Å². The number of halogens is 1. The van der Waals surface area contributed by atoms with Gasteiger partial charge in [-0.2, -0.15) is 0 Å².